The van der Waals surface area contributed by atoms with Gasteiger partial charge in [-0.1, -0.05) is 39.5 Å². The zero-order valence-corrected chi connectivity index (χ0v) is 24.2. The Labute approximate surface area is 219 Å². The van der Waals surface area contributed by atoms with Gasteiger partial charge >= 0.3 is 0 Å². The summed E-state index contributed by atoms with van der Waals surface area (Å²) in [5, 5.41) is 5.72. The molecule has 1 aromatic heterocycles. The van der Waals surface area contributed by atoms with Gasteiger partial charge in [0.25, 0.3) is 11.5 Å². The maximum Gasteiger partial charge on any atom is 0.253 e. The van der Waals surface area contributed by atoms with Crippen molar-refractivity contribution in [3.63, 3.8) is 0 Å². The molecule has 6 heteroatoms. The molecule has 1 aliphatic carbocycles. The molecule has 202 valence electrons. The molecule has 2 aromatic rings. The molecule has 6 nitrogen and oxygen atoms in total. The van der Waals surface area contributed by atoms with Crippen LogP contribution in [0.15, 0.2) is 23.0 Å². The van der Waals surface area contributed by atoms with E-state index in [0.717, 1.165) is 28.9 Å². The van der Waals surface area contributed by atoms with E-state index >= 15 is 0 Å². The molecule has 1 aliphatic rings. The van der Waals surface area contributed by atoms with Gasteiger partial charge in [0.15, 0.2) is 0 Å². The van der Waals surface area contributed by atoms with E-state index in [9.17, 15) is 9.59 Å². The number of nitrogens with one attached hydrogen (secondary N) is 3. The Morgan fingerprint density at radius 3 is 2.11 bits per heavy atom. The SMILES string of the molecule is CCC.CCN(c1cc(C)cc(C(=O)NCc2c(C)cc(C)[nH]c2=O)c1C)C1CCCCC1.CNC. The molecule has 0 bridgehead atoms. The second-order valence-corrected chi connectivity index (χ2v) is 9.87. The number of carbonyl (C=O) groups excluding carboxylic acids is 1. The molecule has 3 N–H and O–H groups in total. The van der Waals surface area contributed by atoms with E-state index in [0.29, 0.717) is 17.2 Å². The summed E-state index contributed by atoms with van der Waals surface area (Å²) in [7, 11) is 3.75. The van der Waals surface area contributed by atoms with Gasteiger partial charge in [0.2, 0.25) is 0 Å². The van der Waals surface area contributed by atoms with Gasteiger partial charge in [-0.3, -0.25) is 9.59 Å². The number of nitrogens with zero attached hydrogens (tertiary/aromatic N) is 1. The number of hydrogen-bond acceptors (Lipinski definition) is 4. The summed E-state index contributed by atoms with van der Waals surface area (Å²) >= 11 is 0. The lowest BCUT2D eigenvalue weighted by atomic mass is 9.92. The average molecular weight is 499 g/mol. The minimum atomic E-state index is -0.135. The lowest BCUT2D eigenvalue weighted by Gasteiger charge is -2.37. The van der Waals surface area contributed by atoms with E-state index in [1.807, 2.05) is 53.9 Å². The van der Waals surface area contributed by atoms with Gasteiger partial charge in [0.05, 0.1) is 0 Å². The molecule has 36 heavy (non-hydrogen) atoms. The molecule has 1 aromatic carbocycles. The molecule has 1 heterocycles. The maximum absolute atomic E-state index is 13.1. The predicted molar refractivity (Wildman–Crippen MR) is 154 cm³/mol. The summed E-state index contributed by atoms with van der Waals surface area (Å²) < 4.78 is 0. The quantitative estimate of drug-likeness (QED) is 0.460. The highest BCUT2D eigenvalue weighted by atomic mass is 16.1. The van der Waals surface area contributed by atoms with E-state index in [1.165, 1.54) is 44.2 Å². The van der Waals surface area contributed by atoms with Gasteiger partial charge in [-0.15, -0.1) is 0 Å². The number of anilines is 1. The van der Waals surface area contributed by atoms with E-state index in [1.54, 1.807) is 0 Å². The number of aryl methyl sites for hydroxylation is 3. The monoisotopic (exact) mass is 498 g/mol. The number of amides is 1. The summed E-state index contributed by atoms with van der Waals surface area (Å²) in [6, 6.07) is 6.64. The van der Waals surface area contributed by atoms with Crippen molar-refractivity contribution < 1.29 is 4.79 Å². The Hall–Kier alpha value is -2.60. The first kappa shape index (κ1) is 31.4. The Bertz CT molecular complexity index is 1000. The third-order valence-corrected chi connectivity index (χ3v) is 6.35. The fourth-order valence-corrected chi connectivity index (χ4v) is 4.76. The molecule has 1 saturated carbocycles. The summed E-state index contributed by atoms with van der Waals surface area (Å²) in [5.41, 5.74) is 6.15. The van der Waals surface area contributed by atoms with Gasteiger partial charge in [0, 0.05) is 41.6 Å². The van der Waals surface area contributed by atoms with E-state index in [4.69, 9.17) is 0 Å². The molecular formula is C30H50N4O2. The summed E-state index contributed by atoms with van der Waals surface area (Å²) in [5.74, 6) is -0.128. The molecule has 0 radical (unpaired) electrons. The smallest absolute Gasteiger partial charge is 0.253 e. The molecule has 0 atom stereocenters. The van der Waals surface area contributed by atoms with Crippen LogP contribution in [0.3, 0.4) is 0 Å². The topological polar surface area (TPSA) is 77.2 Å². The van der Waals surface area contributed by atoms with Crippen LogP contribution in [0.25, 0.3) is 0 Å². The Morgan fingerprint density at radius 1 is 1.00 bits per heavy atom. The highest BCUT2D eigenvalue weighted by molar-refractivity contribution is 5.97. The number of H-pyrrole nitrogens is 1. The van der Waals surface area contributed by atoms with Crippen LogP contribution in [0, 0.1) is 27.7 Å². The first-order valence-corrected chi connectivity index (χ1v) is 13.6. The maximum atomic E-state index is 13.1. The highest BCUT2D eigenvalue weighted by Gasteiger charge is 2.24. The Balaban J connectivity index is 0.000000982. The number of benzene rings is 1. The van der Waals surface area contributed by atoms with Gasteiger partial charge < -0.3 is 20.5 Å². The number of aromatic amines is 1. The van der Waals surface area contributed by atoms with E-state index < -0.39 is 0 Å². The predicted octanol–water partition coefficient (Wildman–Crippen LogP) is 5.95. The normalized spacial score (nSPS) is 13.1. The standard InChI is InChI=1S/C25H35N3O2.C3H8.C2H7N/c1-6-28(20-10-8-7-9-11-20)23-13-16(2)12-21(19(23)5)24(29)26-15-22-17(3)14-18(4)27-25(22)30;2*1-3-2/h12-14,20H,6-11,15H2,1-5H3,(H,26,29)(H,27,30);3H2,1-2H3;3H,1-2H3. The zero-order valence-electron chi connectivity index (χ0n) is 24.2. The molecule has 0 spiro atoms. The molecule has 1 amide bonds. The molecular weight excluding hydrogens is 448 g/mol. The number of rotatable bonds is 6. The van der Waals surface area contributed by atoms with Crippen molar-refractivity contribution >= 4 is 11.6 Å². The first-order chi connectivity index (χ1) is 17.1. The van der Waals surface area contributed by atoms with Crippen LogP contribution in [0.1, 0.15) is 97.6 Å². The van der Waals surface area contributed by atoms with Crippen molar-refractivity contribution in [2.75, 3.05) is 25.5 Å². The van der Waals surface area contributed by atoms with Crippen molar-refractivity contribution in [2.45, 2.75) is 99.6 Å². The Kier molecular flexibility index (Phi) is 14.1. The van der Waals surface area contributed by atoms with Gasteiger partial charge in [-0.05, 0) is 96.4 Å². The van der Waals surface area contributed by atoms with Crippen molar-refractivity contribution in [1.29, 1.82) is 0 Å². The van der Waals surface area contributed by atoms with Gasteiger partial charge in [0.1, 0.15) is 0 Å². The van der Waals surface area contributed by atoms with Crippen molar-refractivity contribution in [1.82, 2.24) is 15.6 Å². The third kappa shape index (κ3) is 9.12. The molecule has 0 unspecified atom stereocenters. The average Bonchev–Trinajstić information content (AvgIpc) is 2.82. The van der Waals surface area contributed by atoms with Gasteiger partial charge in [-0.2, -0.15) is 0 Å². The third-order valence-electron chi connectivity index (χ3n) is 6.35. The number of aromatic nitrogens is 1. The Morgan fingerprint density at radius 2 is 1.58 bits per heavy atom. The summed E-state index contributed by atoms with van der Waals surface area (Å²) in [4.78, 5) is 30.7. The van der Waals surface area contributed by atoms with Crippen LogP contribution < -0.4 is 21.1 Å². The molecule has 0 aliphatic heterocycles. The lowest BCUT2D eigenvalue weighted by Crippen LogP contribution is -2.37. The fourth-order valence-electron chi connectivity index (χ4n) is 4.76. The van der Waals surface area contributed by atoms with Crippen LogP contribution in [-0.2, 0) is 6.54 Å². The molecule has 1 fully saturated rings. The minimum absolute atomic E-state index is 0.128. The highest BCUT2D eigenvalue weighted by Crippen LogP contribution is 2.32. The number of hydrogen-bond donors (Lipinski definition) is 3. The van der Waals surface area contributed by atoms with Crippen LogP contribution in [0.5, 0.6) is 0 Å². The molecule has 0 saturated heterocycles. The van der Waals surface area contributed by atoms with Crippen molar-refractivity contribution in [2.24, 2.45) is 0 Å². The fraction of sp³-hybridized carbons (Fsp3) is 0.600. The largest absolute Gasteiger partial charge is 0.369 e. The second-order valence-electron chi connectivity index (χ2n) is 9.87. The van der Waals surface area contributed by atoms with Crippen LogP contribution in [0.2, 0.25) is 0 Å². The zero-order chi connectivity index (χ0) is 27.3. The number of pyridine rings is 1. The second kappa shape index (κ2) is 16.2. The van der Waals surface area contributed by atoms with Crippen molar-refractivity contribution in [3.8, 4) is 0 Å². The van der Waals surface area contributed by atoms with Crippen LogP contribution in [-0.4, -0.2) is 37.6 Å². The van der Waals surface area contributed by atoms with E-state index in [-0.39, 0.29) is 18.0 Å². The number of carbonyl (C=O) groups is 1. The lowest BCUT2D eigenvalue weighted by molar-refractivity contribution is 0.0950. The minimum Gasteiger partial charge on any atom is -0.369 e. The van der Waals surface area contributed by atoms with Crippen molar-refractivity contribution in [3.05, 3.63) is 62.1 Å². The summed E-state index contributed by atoms with van der Waals surface area (Å²) in [6.07, 6.45) is 7.58. The van der Waals surface area contributed by atoms with Gasteiger partial charge in [-0.25, -0.2) is 0 Å². The van der Waals surface area contributed by atoms with E-state index in [2.05, 4.69) is 47.4 Å². The van der Waals surface area contributed by atoms with Crippen LogP contribution >= 0.6 is 0 Å². The first-order valence-electron chi connectivity index (χ1n) is 13.6. The van der Waals surface area contributed by atoms with Crippen LogP contribution in [0.4, 0.5) is 5.69 Å². The molecule has 3 rings (SSSR count). The summed E-state index contributed by atoms with van der Waals surface area (Å²) in [6.45, 7) is 15.5.